The predicted molar refractivity (Wildman–Crippen MR) is 103 cm³/mol. The van der Waals surface area contributed by atoms with Gasteiger partial charge in [-0.3, -0.25) is 14.2 Å². The fraction of sp³-hybridized carbons (Fsp3) is 0.222. The summed E-state index contributed by atoms with van der Waals surface area (Å²) in [4.78, 5) is 31.7. The number of carbonyl (C=O) groups excluding carboxylic acids is 1. The van der Waals surface area contributed by atoms with E-state index >= 15 is 0 Å². The van der Waals surface area contributed by atoms with Crippen LogP contribution < -0.4 is 10.5 Å². The molecule has 0 N–H and O–H groups in total. The van der Waals surface area contributed by atoms with Gasteiger partial charge in [0.1, 0.15) is 11.4 Å². The Morgan fingerprint density at radius 2 is 2.23 bits per heavy atom. The van der Waals surface area contributed by atoms with Crippen LogP contribution in [0.25, 0.3) is 10.2 Å². The number of amides is 1. The van der Waals surface area contributed by atoms with E-state index in [1.165, 1.54) is 27.1 Å². The van der Waals surface area contributed by atoms with Crippen LogP contribution in [0.2, 0.25) is 5.02 Å². The number of halogens is 1. The first kappa shape index (κ1) is 18.1. The van der Waals surface area contributed by atoms with Crippen molar-refractivity contribution >= 4 is 44.7 Å². The van der Waals surface area contributed by atoms with Crippen LogP contribution in [0.5, 0.6) is 0 Å². The van der Waals surface area contributed by atoms with E-state index in [1.54, 1.807) is 29.6 Å². The van der Waals surface area contributed by atoms with Gasteiger partial charge < -0.3 is 4.90 Å². The van der Waals surface area contributed by atoms with E-state index in [2.05, 4.69) is 4.98 Å². The van der Waals surface area contributed by atoms with E-state index in [4.69, 9.17) is 16.9 Å². The summed E-state index contributed by atoms with van der Waals surface area (Å²) in [5.74, 6) is -0.291. The molecular formula is C18H15ClN4O2S. The highest BCUT2D eigenvalue weighted by atomic mass is 35.5. The Morgan fingerprint density at radius 1 is 1.42 bits per heavy atom. The predicted octanol–water partition coefficient (Wildman–Crippen LogP) is 3.37. The molecule has 0 aliphatic heterocycles. The normalized spacial score (nSPS) is 10.7. The Balaban J connectivity index is 1.91. The zero-order valence-corrected chi connectivity index (χ0v) is 15.5. The van der Waals surface area contributed by atoms with Crippen LogP contribution in [0.4, 0.5) is 5.69 Å². The Hall–Kier alpha value is -2.69. The molecule has 0 fully saturated rings. The fourth-order valence-electron chi connectivity index (χ4n) is 2.59. The first-order valence-corrected chi connectivity index (χ1v) is 9.13. The van der Waals surface area contributed by atoms with Gasteiger partial charge in [0, 0.05) is 17.3 Å². The molecule has 0 unspecified atom stereocenters. The van der Waals surface area contributed by atoms with E-state index in [0.717, 1.165) is 5.56 Å². The maximum Gasteiger partial charge on any atom is 0.262 e. The number of carbonyl (C=O) groups is 1. The molecule has 0 aliphatic rings. The molecule has 1 aromatic carbocycles. The quantitative estimate of drug-likeness (QED) is 0.673. The van der Waals surface area contributed by atoms with Gasteiger partial charge in [-0.25, -0.2) is 4.98 Å². The number of anilines is 1. The van der Waals surface area contributed by atoms with Crippen molar-refractivity contribution in [3.63, 3.8) is 0 Å². The van der Waals surface area contributed by atoms with Crippen LogP contribution in [0.15, 0.2) is 40.8 Å². The lowest BCUT2D eigenvalue weighted by Gasteiger charge is -2.23. The number of nitriles is 1. The SMILES string of the molecule is Cc1cc(N(CCC#N)C(=O)Cn2cnc3sccc3c2=O)ccc1Cl. The molecule has 0 saturated heterocycles. The minimum absolute atomic E-state index is 0.148. The van der Waals surface area contributed by atoms with Crippen molar-refractivity contribution < 1.29 is 4.79 Å². The molecule has 3 rings (SSSR count). The molecule has 0 bridgehead atoms. The molecular weight excluding hydrogens is 372 g/mol. The first-order valence-electron chi connectivity index (χ1n) is 7.87. The van der Waals surface area contributed by atoms with Crippen LogP contribution in [0.1, 0.15) is 12.0 Å². The van der Waals surface area contributed by atoms with Crippen molar-refractivity contribution in [2.75, 3.05) is 11.4 Å². The second kappa shape index (κ2) is 7.68. The molecule has 2 heterocycles. The molecule has 6 nitrogen and oxygen atoms in total. The highest BCUT2D eigenvalue weighted by Crippen LogP contribution is 2.23. The third-order valence-electron chi connectivity index (χ3n) is 3.96. The van der Waals surface area contributed by atoms with E-state index in [1.807, 2.05) is 13.0 Å². The summed E-state index contributed by atoms with van der Waals surface area (Å²) in [5.41, 5.74) is 1.22. The van der Waals surface area contributed by atoms with Crippen molar-refractivity contribution in [2.45, 2.75) is 19.9 Å². The number of aromatic nitrogens is 2. The average molecular weight is 387 g/mol. The highest BCUT2D eigenvalue weighted by molar-refractivity contribution is 7.16. The van der Waals surface area contributed by atoms with Crippen molar-refractivity contribution in [1.29, 1.82) is 5.26 Å². The lowest BCUT2D eigenvalue weighted by atomic mass is 10.2. The number of hydrogen-bond acceptors (Lipinski definition) is 5. The van der Waals surface area contributed by atoms with Crippen molar-refractivity contribution in [3.8, 4) is 6.07 Å². The Labute approximate surface area is 158 Å². The lowest BCUT2D eigenvalue weighted by molar-refractivity contribution is -0.119. The zero-order valence-electron chi connectivity index (χ0n) is 14.0. The summed E-state index contributed by atoms with van der Waals surface area (Å²) in [7, 11) is 0. The monoisotopic (exact) mass is 386 g/mol. The van der Waals surface area contributed by atoms with Gasteiger partial charge in [0.15, 0.2) is 0 Å². The van der Waals surface area contributed by atoms with Crippen LogP contribution in [-0.2, 0) is 11.3 Å². The number of fused-ring (bicyclic) bond motifs is 1. The van der Waals surface area contributed by atoms with Gasteiger partial charge in [0.25, 0.3) is 5.56 Å². The second-order valence-electron chi connectivity index (χ2n) is 5.70. The summed E-state index contributed by atoms with van der Waals surface area (Å²) in [6.07, 6.45) is 1.57. The minimum atomic E-state index is -0.291. The van der Waals surface area contributed by atoms with Crippen molar-refractivity contribution in [1.82, 2.24) is 9.55 Å². The summed E-state index contributed by atoms with van der Waals surface area (Å²) in [6, 6.07) is 8.98. The number of aryl methyl sites for hydroxylation is 1. The molecule has 3 aromatic rings. The van der Waals surface area contributed by atoms with Crippen LogP contribution >= 0.6 is 22.9 Å². The highest BCUT2D eigenvalue weighted by Gasteiger charge is 2.18. The van der Waals surface area contributed by atoms with E-state index in [9.17, 15) is 9.59 Å². The fourth-order valence-corrected chi connectivity index (χ4v) is 3.43. The summed E-state index contributed by atoms with van der Waals surface area (Å²) >= 11 is 7.43. The molecule has 0 aliphatic carbocycles. The standard InChI is InChI=1S/C18H15ClN4O2S/c1-12-9-13(3-4-15(12)19)23(7-2-6-20)16(24)10-22-11-21-17-14(18(22)25)5-8-26-17/h3-5,8-9,11H,2,7,10H2,1H3. The average Bonchev–Trinajstić information content (AvgIpc) is 3.10. The molecule has 8 heteroatoms. The summed E-state index contributed by atoms with van der Waals surface area (Å²) in [5, 5.41) is 11.8. The molecule has 2 aromatic heterocycles. The number of hydrogen-bond donors (Lipinski definition) is 0. The smallest absolute Gasteiger partial charge is 0.262 e. The van der Waals surface area contributed by atoms with Crippen LogP contribution in [0.3, 0.4) is 0 Å². The molecule has 0 saturated carbocycles. The van der Waals surface area contributed by atoms with E-state index in [-0.39, 0.29) is 31.0 Å². The first-order chi connectivity index (χ1) is 12.5. The van der Waals surface area contributed by atoms with Crippen molar-refractivity contribution in [3.05, 3.63) is 56.9 Å². The van der Waals surface area contributed by atoms with E-state index in [0.29, 0.717) is 20.9 Å². The van der Waals surface area contributed by atoms with Gasteiger partial charge in [0.05, 0.1) is 24.2 Å². The molecule has 0 spiro atoms. The van der Waals surface area contributed by atoms with Gasteiger partial charge in [0.2, 0.25) is 5.91 Å². The van der Waals surface area contributed by atoms with Gasteiger partial charge >= 0.3 is 0 Å². The zero-order chi connectivity index (χ0) is 18.7. The van der Waals surface area contributed by atoms with Crippen LogP contribution in [0, 0.1) is 18.3 Å². The van der Waals surface area contributed by atoms with E-state index < -0.39 is 0 Å². The summed E-state index contributed by atoms with van der Waals surface area (Å²) < 4.78 is 1.29. The largest absolute Gasteiger partial charge is 0.310 e. The number of nitrogens with zero attached hydrogens (tertiary/aromatic N) is 4. The molecule has 1 amide bonds. The number of thiophene rings is 1. The van der Waals surface area contributed by atoms with Gasteiger partial charge in [-0.2, -0.15) is 5.26 Å². The number of rotatable bonds is 5. The Morgan fingerprint density at radius 3 is 2.96 bits per heavy atom. The molecule has 0 atom stereocenters. The topological polar surface area (TPSA) is 79.0 Å². The van der Waals surface area contributed by atoms with Crippen LogP contribution in [-0.4, -0.2) is 22.0 Å². The van der Waals surface area contributed by atoms with Gasteiger partial charge in [-0.1, -0.05) is 11.6 Å². The Kier molecular flexibility index (Phi) is 5.35. The molecule has 26 heavy (non-hydrogen) atoms. The molecule has 0 radical (unpaired) electrons. The van der Waals surface area contributed by atoms with Crippen molar-refractivity contribution in [2.24, 2.45) is 0 Å². The molecule has 132 valence electrons. The van der Waals surface area contributed by atoms with Gasteiger partial charge in [-0.05, 0) is 42.1 Å². The third kappa shape index (κ3) is 3.62. The summed E-state index contributed by atoms with van der Waals surface area (Å²) in [6.45, 7) is 1.93. The maximum absolute atomic E-state index is 12.8. The minimum Gasteiger partial charge on any atom is -0.310 e. The Bertz CT molecular complexity index is 1070. The number of benzene rings is 1. The third-order valence-corrected chi connectivity index (χ3v) is 5.20. The second-order valence-corrected chi connectivity index (χ2v) is 7.01. The lowest BCUT2D eigenvalue weighted by Crippen LogP contribution is -2.37. The van der Waals surface area contributed by atoms with Gasteiger partial charge in [-0.15, -0.1) is 11.3 Å². The maximum atomic E-state index is 12.8.